The monoisotopic (exact) mass is 449 g/mol. The van der Waals surface area contributed by atoms with Crippen molar-refractivity contribution in [3.63, 3.8) is 0 Å². The summed E-state index contributed by atoms with van der Waals surface area (Å²) in [5.41, 5.74) is 4.89. The number of benzene rings is 2. The lowest BCUT2D eigenvalue weighted by Gasteiger charge is -2.14. The molecule has 0 aliphatic heterocycles. The number of hydrazine groups is 1. The lowest BCUT2D eigenvalue weighted by molar-refractivity contribution is 0.0846. The molecular formula is C21H27N3O6S. The van der Waals surface area contributed by atoms with Crippen molar-refractivity contribution in [2.75, 3.05) is 7.11 Å². The van der Waals surface area contributed by atoms with E-state index in [4.69, 9.17) is 9.47 Å². The van der Waals surface area contributed by atoms with Gasteiger partial charge in [0.25, 0.3) is 11.8 Å². The second kappa shape index (κ2) is 10.3. The SMILES string of the molecule is COc1cc(C(=O)NNC(=O)c2cccc(S(=O)(=O)NC(C)C)c2)ccc1OC(C)C. The molecule has 3 N–H and O–H groups in total. The maximum absolute atomic E-state index is 12.4. The van der Waals surface area contributed by atoms with E-state index in [2.05, 4.69) is 15.6 Å². The van der Waals surface area contributed by atoms with Crippen molar-refractivity contribution >= 4 is 21.8 Å². The van der Waals surface area contributed by atoms with E-state index in [9.17, 15) is 18.0 Å². The first-order valence-electron chi connectivity index (χ1n) is 9.61. The number of sulfonamides is 1. The second-order valence-corrected chi connectivity index (χ2v) is 8.96. The molecule has 0 saturated heterocycles. The molecule has 0 aromatic heterocycles. The molecule has 31 heavy (non-hydrogen) atoms. The average molecular weight is 450 g/mol. The number of methoxy groups -OCH3 is 1. The Morgan fingerprint density at radius 1 is 0.871 bits per heavy atom. The van der Waals surface area contributed by atoms with Gasteiger partial charge in [-0.05, 0) is 64.1 Å². The fourth-order valence-corrected chi connectivity index (χ4v) is 3.90. The fraction of sp³-hybridized carbons (Fsp3) is 0.333. The minimum absolute atomic E-state index is 0.0503. The van der Waals surface area contributed by atoms with E-state index in [1.807, 2.05) is 13.8 Å². The fourth-order valence-electron chi connectivity index (χ4n) is 2.60. The van der Waals surface area contributed by atoms with Gasteiger partial charge in [-0.1, -0.05) is 6.07 Å². The largest absolute Gasteiger partial charge is 0.493 e. The minimum Gasteiger partial charge on any atom is -0.493 e. The first-order valence-corrected chi connectivity index (χ1v) is 11.1. The second-order valence-electron chi connectivity index (χ2n) is 7.24. The molecule has 0 saturated carbocycles. The predicted octanol–water partition coefficient (Wildman–Crippen LogP) is 2.24. The van der Waals surface area contributed by atoms with Gasteiger partial charge in [-0.15, -0.1) is 0 Å². The molecule has 168 valence electrons. The predicted molar refractivity (Wildman–Crippen MR) is 116 cm³/mol. The number of ether oxygens (including phenoxy) is 2. The highest BCUT2D eigenvalue weighted by Gasteiger charge is 2.18. The highest BCUT2D eigenvalue weighted by atomic mass is 32.2. The molecule has 0 heterocycles. The molecule has 2 aromatic rings. The minimum atomic E-state index is -3.75. The molecule has 2 amide bonds. The molecule has 0 aliphatic carbocycles. The topological polar surface area (TPSA) is 123 Å². The summed E-state index contributed by atoms with van der Waals surface area (Å²) >= 11 is 0. The van der Waals surface area contributed by atoms with Crippen LogP contribution in [0.25, 0.3) is 0 Å². The van der Waals surface area contributed by atoms with Crippen molar-refractivity contribution in [1.29, 1.82) is 0 Å². The zero-order valence-corrected chi connectivity index (χ0v) is 18.9. The van der Waals surface area contributed by atoms with Crippen LogP contribution in [-0.2, 0) is 10.0 Å². The van der Waals surface area contributed by atoms with Crippen LogP contribution in [0, 0.1) is 0 Å². The highest BCUT2D eigenvalue weighted by Crippen LogP contribution is 2.28. The van der Waals surface area contributed by atoms with Gasteiger partial charge in [0.1, 0.15) is 0 Å². The Bertz CT molecular complexity index is 1050. The Kier molecular flexibility index (Phi) is 8.01. The summed E-state index contributed by atoms with van der Waals surface area (Å²) in [6.45, 7) is 7.13. The van der Waals surface area contributed by atoms with Crippen LogP contribution in [0.3, 0.4) is 0 Å². The van der Waals surface area contributed by atoms with Crippen molar-refractivity contribution in [2.24, 2.45) is 0 Å². The van der Waals surface area contributed by atoms with Crippen molar-refractivity contribution < 1.29 is 27.5 Å². The van der Waals surface area contributed by atoms with E-state index in [-0.39, 0.29) is 28.2 Å². The molecule has 0 spiro atoms. The van der Waals surface area contributed by atoms with E-state index in [1.54, 1.807) is 19.9 Å². The zero-order valence-electron chi connectivity index (χ0n) is 18.1. The maximum Gasteiger partial charge on any atom is 0.269 e. The Labute approximate surface area is 182 Å². The van der Waals surface area contributed by atoms with Gasteiger partial charge in [0.05, 0.1) is 18.1 Å². The van der Waals surface area contributed by atoms with E-state index in [0.717, 1.165) is 0 Å². The van der Waals surface area contributed by atoms with Crippen molar-refractivity contribution in [3.8, 4) is 11.5 Å². The van der Waals surface area contributed by atoms with Gasteiger partial charge in [-0.25, -0.2) is 13.1 Å². The van der Waals surface area contributed by atoms with Crippen LogP contribution in [0.4, 0.5) is 0 Å². The number of amides is 2. The molecule has 0 unspecified atom stereocenters. The summed E-state index contributed by atoms with van der Waals surface area (Å²) in [7, 11) is -2.29. The quantitative estimate of drug-likeness (QED) is 0.531. The first-order chi connectivity index (χ1) is 14.5. The molecule has 0 atom stereocenters. The number of rotatable bonds is 8. The van der Waals surface area contributed by atoms with Crippen LogP contribution < -0.4 is 25.0 Å². The summed E-state index contributed by atoms with van der Waals surface area (Å²) < 4.78 is 37.9. The van der Waals surface area contributed by atoms with Gasteiger partial charge < -0.3 is 9.47 Å². The molecule has 10 heteroatoms. The molecule has 9 nitrogen and oxygen atoms in total. The van der Waals surface area contributed by atoms with Gasteiger partial charge in [0.2, 0.25) is 10.0 Å². The number of carbonyl (C=O) groups is 2. The smallest absolute Gasteiger partial charge is 0.269 e. The normalized spacial score (nSPS) is 11.3. The molecule has 0 bridgehead atoms. The van der Waals surface area contributed by atoms with Gasteiger partial charge >= 0.3 is 0 Å². The highest BCUT2D eigenvalue weighted by molar-refractivity contribution is 7.89. The Morgan fingerprint density at radius 3 is 2.03 bits per heavy atom. The standard InChI is InChI=1S/C21H27N3O6S/c1-13(2)24-31(27,28)17-8-6-7-15(11-17)20(25)22-23-21(26)16-9-10-18(30-14(3)4)19(12-16)29-5/h6-14,24H,1-5H3,(H,22,25)(H,23,26). The lowest BCUT2D eigenvalue weighted by Crippen LogP contribution is -2.41. The summed E-state index contributed by atoms with van der Waals surface area (Å²) in [4.78, 5) is 24.7. The van der Waals surface area contributed by atoms with Crippen molar-refractivity contribution in [2.45, 2.75) is 44.7 Å². The van der Waals surface area contributed by atoms with Gasteiger partial charge in [-0.3, -0.25) is 20.4 Å². The number of hydrogen-bond acceptors (Lipinski definition) is 6. The van der Waals surface area contributed by atoms with Crippen LogP contribution in [0.5, 0.6) is 11.5 Å². The van der Waals surface area contributed by atoms with E-state index in [0.29, 0.717) is 11.5 Å². The van der Waals surface area contributed by atoms with Crippen LogP contribution >= 0.6 is 0 Å². The maximum atomic E-state index is 12.4. The number of carbonyl (C=O) groups excluding carboxylic acids is 2. The van der Waals surface area contributed by atoms with Gasteiger partial charge in [-0.2, -0.15) is 0 Å². The Morgan fingerprint density at radius 2 is 1.48 bits per heavy atom. The molecule has 0 radical (unpaired) electrons. The summed E-state index contributed by atoms with van der Waals surface area (Å²) in [5, 5.41) is 0. The molecule has 2 aromatic carbocycles. The van der Waals surface area contributed by atoms with E-state index >= 15 is 0 Å². The summed E-state index contributed by atoms with van der Waals surface area (Å²) in [5.74, 6) is -0.371. The van der Waals surface area contributed by atoms with Gasteiger partial charge in [0.15, 0.2) is 11.5 Å². The lowest BCUT2D eigenvalue weighted by atomic mass is 10.2. The van der Waals surface area contributed by atoms with Gasteiger partial charge in [0, 0.05) is 17.2 Å². The van der Waals surface area contributed by atoms with Crippen molar-refractivity contribution in [3.05, 3.63) is 53.6 Å². The van der Waals surface area contributed by atoms with Crippen LogP contribution in [-0.4, -0.2) is 39.5 Å². The summed E-state index contributed by atoms with van der Waals surface area (Å²) in [6, 6.07) is 9.83. The zero-order chi connectivity index (χ0) is 23.2. The molecule has 2 rings (SSSR count). The van der Waals surface area contributed by atoms with E-state index in [1.165, 1.54) is 43.5 Å². The number of hydrogen-bond donors (Lipinski definition) is 3. The van der Waals surface area contributed by atoms with E-state index < -0.39 is 21.8 Å². The molecule has 0 aliphatic rings. The first kappa shape index (κ1) is 24.2. The molecule has 0 fully saturated rings. The summed E-state index contributed by atoms with van der Waals surface area (Å²) in [6.07, 6.45) is -0.0665. The van der Waals surface area contributed by atoms with Crippen LogP contribution in [0.15, 0.2) is 47.4 Å². The number of nitrogens with one attached hydrogen (secondary N) is 3. The van der Waals surface area contributed by atoms with Crippen molar-refractivity contribution in [1.82, 2.24) is 15.6 Å². The Balaban J connectivity index is 2.09. The third-order valence-electron chi connectivity index (χ3n) is 3.88. The van der Waals surface area contributed by atoms with Crippen LogP contribution in [0.2, 0.25) is 0 Å². The Hall–Kier alpha value is -3.11. The third-order valence-corrected chi connectivity index (χ3v) is 5.53. The average Bonchev–Trinajstić information content (AvgIpc) is 2.70. The van der Waals surface area contributed by atoms with Crippen LogP contribution in [0.1, 0.15) is 48.4 Å². The third kappa shape index (κ3) is 6.69. The molecular weight excluding hydrogens is 422 g/mol.